The Kier molecular flexibility index (Phi) is 4.31. The zero-order chi connectivity index (χ0) is 12.3. The molecule has 1 fully saturated rings. The molecule has 1 aliphatic rings. The number of hydrogen-bond acceptors (Lipinski definition) is 4. The van der Waals surface area contributed by atoms with Crippen molar-refractivity contribution in [2.75, 3.05) is 23.7 Å². The average Bonchev–Trinajstić information content (AvgIpc) is 2.76. The highest BCUT2D eigenvalue weighted by atomic mass is 32.2. The van der Waals surface area contributed by atoms with Crippen LogP contribution in [-0.2, 0) is 6.54 Å². The predicted octanol–water partition coefficient (Wildman–Crippen LogP) is 1.83. The van der Waals surface area contributed by atoms with E-state index >= 15 is 0 Å². The molecule has 3 nitrogen and oxygen atoms in total. The molecule has 2 rings (SSSR count). The largest absolute Gasteiger partial charge is 0.391 e. The lowest BCUT2D eigenvalue weighted by Crippen LogP contribution is -2.23. The molecule has 1 aliphatic heterocycles. The van der Waals surface area contributed by atoms with Gasteiger partial charge in [-0.1, -0.05) is 13.0 Å². The molecule has 0 bridgehead atoms. The molecule has 1 aromatic carbocycles. The molecule has 0 spiro atoms. The highest BCUT2D eigenvalue weighted by Gasteiger charge is 2.22. The van der Waals surface area contributed by atoms with E-state index in [-0.39, 0.29) is 6.10 Å². The first-order valence-electron chi connectivity index (χ1n) is 6.14. The Hall–Kier alpha value is -0.710. The molecule has 0 aliphatic carbocycles. The standard InChI is InChI=1S/C13H20N2OS/c1-2-17-13-5-3-4-12(11(13)8-14)15-7-6-10(16)9-15/h3-5,10,16H,2,6-9,14H2,1H3. The molecule has 0 aromatic heterocycles. The van der Waals surface area contributed by atoms with Gasteiger partial charge in [-0.2, -0.15) is 0 Å². The number of thioether (sulfide) groups is 1. The number of aliphatic hydroxyl groups is 1. The fourth-order valence-corrected chi connectivity index (χ4v) is 3.15. The molecule has 1 saturated heterocycles. The van der Waals surface area contributed by atoms with E-state index in [1.165, 1.54) is 16.1 Å². The lowest BCUT2D eigenvalue weighted by molar-refractivity contribution is 0.198. The third-order valence-electron chi connectivity index (χ3n) is 3.12. The number of hydrogen-bond donors (Lipinski definition) is 2. The summed E-state index contributed by atoms with van der Waals surface area (Å²) in [6.45, 7) is 4.37. The van der Waals surface area contributed by atoms with Crippen LogP contribution in [0.15, 0.2) is 23.1 Å². The van der Waals surface area contributed by atoms with Crippen LogP contribution in [0.4, 0.5) is 5.69 Å². The number of nitrogens with zero attached hydrogens (tertiary/aromatic N) is 1. The molecule has 0 saturated carbocycles. The number of β-amino-alcohol motifs (C(OH)–C–C–N with tert-alkyl or cyclic N) is 1. The Morgan fingerprint density at radius 3 is 2.94 bits per heavy atom. The number of nitrogens with two attached hydrogens (primary N) is 1. The summed E-state index contributed by atoms with van der Waals surface area (Å²) in [5.74, 6) is 1.05. The highest BCUT2D eigenvalue weighted by Crippen LogP contribution is 2.32. The van der Waals surface area contributed by atoms with Crippen LogP contribution in [0.3, 0.4) is 0 Å². The Morgan fingerprint density at radius 2 is 2.35 bits per heavy atom. The van der Waals surface area contributed by atoms with E-state index in [1.54, 1.807) is 0 Å². The Labute approximate surface area is 107 Å². The van der Waals surface area contributed by atoms with Crippen LogP contribution in [-0.4, -0.2) is 30.1 Å². The molecule has 17 heavy (non-hydrogen) atoms. The zero-order valence-electron chi connectivity index (χ0n) is 10.2. The normalized spacial score (nSPS) is 19.9. The van der Waals surface area contributed by atoms with Gasteiger partial charge < -0.3 is 15.7 Å². The molecular formula is C13H20N2OS. The SMILES string of the molecule is CCSc1cccc(N2CCC(O)C2)c1CN. The van der Waals surface area contributed by atoms with E-state index in [0.717, 1.165) is 25.3 Å². The van der Waals surface area contributed by atoms with Crippen molar-refractivity contribution < 1.29 is 5.11 Å². The summed E-state index contributed by atoms with van der Waals surface area (Å²) in [5.41, 5.74) is 8.29. The third kappa shape index (κ3) is 2.76. The van der Waals surface area contributed by atoms with Gasteiger partial charge in [-0.25, -0.2) is 0 Å². The molecule has 0 amide bonds. The van der Waals surface area contributed by atoms with Gasteiger partial charge in [0.15, 0.2) is 0 Å². The summed E-state index contributed by atoms with van der Waals surface area (Å²) in [6.07, 6.45) is 0.665. The Morgan fingerprint density at radius 1 is 1.53 bits per heavy atom. The lowest BCUT2D eigenvalue weighted by Gasteiger charge is -2.22. The van der Waals surface area contributed by atoms with Crippen molar-refractivity contribution in [3.63, 3.8) is 0 Å². The molecule has 1 aromatic rings. The van der Waals surface area contributed by atoms with Gasteiger partial charge in [0.1, 0.15) is 0 Å². The van der Waals surface area contributed by atoms with E-state index in [4.69, 9.17) is 5.73 Å². The van der Waals surface area contributed by atoms with Crippen LogP contribution in [0, 0.1) is 0 Å². The van der Waals surface area contributed by atoms with Crippen molar-refractivity contribution in [3.8, 4) is 0 Å². The summed E-state index contributed by atoms with van der Waals surface area (Å²) >= 11 is 1.83. The molecule has 4 heteroatoms. The van der Waals surface area contributed by atoms with Crippen molar-refractivity contribution in [2.45, 2.75) is 30.9 Å². The minimum absolute atomic E-state index is 0.192. The van der Waals surface area contributed by atoms with Crippen LogP contribution < -0.4 is 10.6 Å². The van der Waals surface area contributed by atoms with Crippen LogP contribution in [0.5, 0.6) is 0 Å². The summed E-state index contributed by atoms with van der Waals surface area (Å²) in [7, 11) is 0. The van der Waals surface area contributed by atoms with E-state index in [0.29, 0.717) is 6.54 Å². The first-order valence-corrected chi connectivity index (χ1v) is 7.12. The minimum atomic E-state index is -0.192. The van der Waals surface area contributed by atoms with Gasteiger partial charge in [-0.05, 0) is 24.3 Å². The summed E-state index contributed by atoms with van der Waals surface area (Å²) in [4.78, 5) is 3.51. The molecule has 1 atom stereocenters. The maximum Gasteiger partial charge on any atom is 0.0731 e. The number of aliphatic hydroxyl groups excluding tert-OH is 1. The van der Waals surface area contributed by atoms with E-state index < -0.39 is 0 Å². The second-order valence-corrected chi connectivity index (χ2v) is 5.59. The summed E-state index contributed by atoms with van der Waals surface area (Å²) in [6, 6.07) is 6.32. The second kappa shape index (κ2) is 5.76. The average molecular weight is 252 g/mol. The first kappa shape index (κ1) is 12.7. The monoisotopic (exact) mass is 252 g/mol. The van der Waals surface area contributed by atoms with Crippen molar-refractivity contribution in [2.24, 2.45) is 5.73 Å². The predicted molar refractivity (Wildman–Crippen MR) is 73.6 cm³/mol. The molecule has 1 unspecified atom stereocenters. The van der Waals surface area contributed by atoms with Gasteiger partial charge >= 0.3 is 0 Å². The maximum atomic E-state index is 9.62. The fourth-order valence-electron chi connectivity index (χ4n) is 2.31. The number of benzene rings is 1. The fraction of sp³-hybridized carbons (Fsp3) is 0.538. The maximum absolute atomic E-state index is 9.62. The van der Waals surface area contributed by atoms with Crippen LogP contribution in [0.1, 0.15) is 18.9 Å². The van der Waals surface area contributed by atoms with Crippen molar-refractivity contribution in [3.05, 3.63) is 23.8 Å². The topological polar surface area (TPSA) is 49.5 Å². The van der Waals surface area contributed by atoms with Gasteiger partial charge in [0.05, 0.1) is 6.10 Å². The van der Waals surface area contributed by atoms with Crippen molar-refractivity contribution >= 4 is 17.4 Å². The zero-order valence-corrected chi connectivity index (χ0v) is 11.0. The Bertz CT molecular complexity index is 384. The molecule has 94 valence electrons. The summed E-state index contributed by atoms with van der Waals surface area (Å²) in [5, 5.41) is 9.62. The smallest absolute Gasteiger partial charge is 0.0731 e. The second-order valence-electron chi connectivity index (χ2n) is 4.28. The van der Waals surface area contributed by atoms with Gasteiger partial charge in [-0.15, -0.1) is 11.8 Å². The number of rotatable bonds is 4. The Balaban J connectivity index is 2.29. The third-order valence-corrected chi connectivity index (χ3v) is 4.10. The number of anilines is 1. The van der Waals surface area contributed by atoms with Gasteiger partial charge in [0.2, 0.25) is 0 Å². The minimum Gasteiger partial charge on any atom is -0.391 e. The lowest BCUT2D eigenvalue weighted by atomic mass is 10.1. The van der Waals surface area contributed by atoms with E-state index in [2.05, 4.69) is 30.0 Å². The van der Waals surface area contributed by atoms with Crippen molar-refractivity contribution in [1.29, 1.82) is 0 Å². The first-order chi connectivity index (χ1) is 8.26. The van der Waals surface area contributed by atoms with Gasteiger partial charge in [-0.3, -0.25) is 0 Å². The molecule has 0 radical (unpaired) electrons. The molecule has 3 N–H and O–H groups in total. The molecular weight excluding hydrogens is 232 g/mol. The van der Waals surface area contributed by atoms with Crippen LogP contribution >= 0.6 is 11.8 Å². The van der Waals surface area contributed by atoms with Crippen LogP contribution in [0.25, 0.3) is 0 Å². The highest BCUT2D eigenvalue weighted by molar-refractivity contribution is 7.99. The van der Waals surface area contributed by atoms with Crippen molar-refractivity contribution in [1.82, 2.24) is 0 Å². The quantitative estimate of drug-likeness (QED) is 0.803. The van der Waals surface area contributed by atoms with Gasteiger partial charge in [0, 0.05) is 35.8 Å². The van der Waals surface area contributed by atoms with Crippen LogP contribution in [0.2, 0.25) is 0 Å². The van der Waals surface area contributed by atoms with E-state index in [9.17, 15) is 5.11 Å². The molecule has 1 heterocycles. The summed E-state index contributed by atoms with van der Waals surface area (Å²) < 4.78 is 0. The van der Waals surface area contributed by atoms with Gasteiger partial charge in [0.25, 0.3) is 0 Å². The van der Waals surface area contributed by atoms with E-state index in [1.807, 2.05) is 11.8 Å².